The highest BCUT2D eigenvalue weighted by atomic mass is 16.6. The minimum atomic E-state index is -0.901. The summed E-state index contributed by atoms with van der Waals surface area (Å²) in [5, 5.41) is 13.5. The lowest BCUT2D eigenvalue weighted by Crippen LogP contribution is -2.21. The summed E-state index contributed by atoms with van der Waals surface area (Å²) < 4.78 is 14.3. The summed E-state index contributed by atoms with van der Waals surface area (Å²) in [7, 11) is 2.52. The van der Waals surface area contributed by atoms with E-state index in [1.165, 1.54) is 50.6 Å². The lowest BCUT2D eigenvalue weighted by molar-refractivity contribution is -0.385. The van der Waals surface area contributed by atoms with Crippen molar-refractivity contribution in [1.82, 2.24) is 0 Å². The molecule has 0 spiro atoms. The van der Waals surface area contributed by atoms with E-state index < -0.39 is 35.1 Å². The second kappa shape index (κ2) is 9.12. The largest absolute Gasteiger partial charge is 0.490 e. The Labute approximate surface area is 159 Å². The van der Waals surface area contributed by atoms with Crippen LogP contribution >= 0.6 is 0 Å². The van der Waals surface area contributed by atoms with E-state index in [0.717, 1.165) is 6.07 Å². The molecular weight excluding hydrogens is 372 g/mol. The number of carbonyl (C=O) groups is 3. The van der Waals surface area contributed by atoms with Gasteiger partial charge in [0.25, 0.3) is 5.91 Å². The van der Waals surface area contributed by atoms with Crippen LogP contribution in [0.4, 0.5) is 11.4 Å². The van der Waals surface area contributed by atoms with Crippen LogP contribution in [0.25, 0.3) is 0 Å². The zero-order valence-electron chi connectivity index (χ0n) is 15.0. The van der Waals surface area contributed by atoms with E-state index in [-0.39, 0.29) is 11.3 Å². The number of nitrogens with one attached hydrogen (secondary N) is 1. The number of carbonyl (C=O) groups excluding carboxylic acids is 3. The highest BCUT2D eigenvalue weighted by Gasteiger charge is 2.19. The molecule has 10 heteroatoms. The molecule has 0 aliphatic carbocycles. The molecule has 0 aliphatic heterocycles. The molecule has 0 bridgehead atoms. The van der Waals surface area contributed by atoms with Crippen molar-refractivity contribution in [3.05, 3.63) is 63.7 Å². The van der Waals surface area contributed by atoms with Gasteiger partial charge < -0.3 is 19.5 Å². The molecule has 1 N–H and O–H groups in total. The van der Waals surface area contributed by atoms with Crippen LogP contribution in [0.15, 0.2) is 42.5 Å². The summed E-state index contributed by atoms with van der Waals surface area (Å²) in [5.74, 6) is -2.04. The predicted octanol–water partition coefficient (Wildman–Crippen LogP) is 2.19. The molecule has 2 rings (SSSR count). The number of hydrogen-bond acceptors (Lipinski definition) is 8. The molecule has 146 valence electrons. The van der Waals surface area contributed by atoms with Gasteiger partial charge in [0, 0.05) is 11.8 Å². The first kappa shape index (κ1) is 20.4. The number of nitro groups is 1. The van der Waals surface area contributed by atoms with E-state index >= 15 is 0 Å². The van der Waals surface area contributed by atoms with E-state index in [1.807, 2.05) is 0 Å². The fourth-order valence-electron chi connectivity index (χ4n) is 2.18. The van der Waals surface area contributed by atoms with Crippen LogP contribution in [0, 0.1) is 10.1 Å². The molecule has 0 aliphatic rings. The number of nitro benzene ring substituents is 1. The molecule has 0 radical (unpaired) electrons. The van der Waals surface area contributed by atoms with Crippen molar-refractivity contribution >= 4 is 29.2 Å². The normalized spacial score (nSPS) is 9.93. The van der Waals surface area contributed by atoms with Gasteiger partial charge in [0.05, 0.1) is 30.3 Å². The van der Waals surface area contributed by atoms with Gasteiger partial charge in [-0.25, -0.2) is 9.59 Å². The van der Waals surface area contributed by atoms with E-state index in [2.05, 4.69) is 10.1 Å². The fourth-order valence-corrected chi connectivity index (χ4v) is 2.18. The van der Waals surface area contributed by atoms with Crippen molar-refractivity contribution in [2.75, 3.05) is 26.1 Å². The van der Waals surface area contributed by atoms with Gasteiger partial charge in [-0.3, -0.25) is 14.9 Å². The van der Waals surface area contributed by atoms with E-state index in [4.69, 9.17) is 9.47 Å². The third-order valence-electron chi connectivity index (χ3n) is 3.54. The SMILES string of the molecule is COC(=O)c1ccc(NC(=O)COC(=O)c2ccc(OC)c([N+](=O)[O-])c2)cc1. The van der Waals surface area contributed by atoms with Gasteiger partial charge in [0.2, 0.25) is 0 Å². The van der Waals surface area contributed by atoms with E-state index in [0.29, 0.717) is 11.3 Å². The maximum atomic E-state index is 12.0. The molecule has 2 aromatic carbocycles. The average Bonchev–Trinajstić information content (AvgIpc) is 2.71. The smallest absolute Gasteiger partial charge is 0.338 e. The molecule has 0 unspecified atom stereocenters. The number of esters is 2. The highest BCUT2D eigenvalue weighted by molar-refractivity contribution is 5.96. The summed E-state index contributed by atoms with van der Waals surface area (Å²) >= 11 is 0. The van der Waals surface area contributed by atoms with Crippen LogP contribution in [0.1, 0.15) is 20.7 Å². The minimum Gasteiger partial charge on any atom is -0.490 e. The van der Waals surface area contributed by atoms with Crippen molar-refractivity contribution in [3.8, 4) is 5.75 Å². The highest BCUT2D eigenvalue weighted by Crippen LogP contribution is 2.27. The molecule has 0 heterocycles. The Morgan fingerprint density at radius 1 is 1.00 bits per heavy atom. The first-order chi connectivity index (χ1) is 13.3. The number of rotatable bonds is 7. The number of hydrogen-bond donors (Lipinski definition) is 1. The lowest BCUT2D eigenvalue weighted by atomic mass is 10.2. The van der Waals surface area contributed by atoms with Crippen molar-refractivity contribution in [2.45, 2.75) is 0 Å². The topological polar surface area (TPSA) is 134 Å². The monoisotopic (exact) mass is 388 g/mol. The average molecular weight is 388 g/mol. The second-order valence-corrected chi connectivity index (χ2v) is 5.34. The molecule has 0 atom stereocenters. The molecule has 0 fully saturated rings. The third kappa shape index (κ3) is 5.04. The number of benzene rings is 2. The van der Waals surface area contributed by atoms with Gasteiger partial charge in [-0.05, 0) is 36.4 Å². The van der Waals surface area contributed by atoms with Crippen LogP contribution < -0.4 is 10.1 Å². The Balaban J connectivity index is 1.95. The number of anilines is 1. The Hall–Kier alpha value is -3.95. The van der Waals surface area contributed by atoms with Crippen molar-refractivity contribution in [1.29, 1.82) is 0 Å². The Morgan fingerprint density at radius 2 is 1.64 bits per heavy atom. The fraction of sp³-hybridized carbons (Fsp3) is 0.167. The Bertz CT molecular complexity index is 908. The van der Waals surface area contributed by atoms with Gasteiger partial charge in [-0.15, -0.1) is 0 Å². The Morgan fingerprint density at radius 3 is 2.21 bits per heavy atom. The molecule has 0 saturated carbocycles. The first-order valence-electron chi connectivity index (χ1n) is 7.83. The quantitative estimate of drug-likeness (QED) is 0.433. The standard InChI is InChI=1S/C18H16N2O8/c1-26-15-8-5-12(9-14(15)20(24)25)18(23)28-10-16(21)19-13-6-3-11(4-7-13)17(22)27-2/h3-9H,10H2,1-2H3,(H,19,21). The van der Waals surface area contributed by atoms with Crippen molar-refractivity contribution < 1.29 is 33.5 Å². The molecule has 28 heavy (non-hydrogen) atoms. The van der Waals surface area contributed by atoms with Crippen LogP contribution in [0.5, 0.6) is 5.75 Å². The summed E-state index contributed by atoms with van der Waals surface area (Å²) in [5.41, 5.74) is 0.205. The van der Waals surface area contributed by atoms with Crippen molar-refractivity contribution in [3.63, 3.8) is 0 Å². The summed E-state index contributed by atoms with van der Waals surface area (Å²) in [6, 6.07) is 9.45. The summed E-state index contributed by atoms with van der Waals surface area (Å²) in [4.78, 5) is 45.5. The predicted molar refractivity (Wildman–Crippen MR) is 96.3 cm³/mol. The lowest BCUT2D eigenvalue weighted by Gasteiger charge is -2.08. The van der Waals surface area contributed by atoms with Gasteiger partial charge in [0.15, 0.2) is 12.4 Å². The van der Waals surface area contributed by atoms with Crippen LogP contribution in [0.3, 0.4) is 0 Å². The maximum absolute atomic E-state index is 12.0. The van der Waals surface area contributed by atoms with E-state index in [1.54, 1.807) is 0 Å². The number of nitrogens with zero attached hydrogens (tertiary/aromatic N) is 1. The molecule has 0 saturated heterocycles. The minimum absolute atomic E-state index is 0.00491. The first-order valence-corrected chi connectivity index (χ1v) is 7.83. The van der Waals surface area contributed by atoms with Crippen LogP contribution in [-0.4, -0.2) is 43.6 Å². The molecule has 10 nitrogen and oxygen atoms in total. The van der Waals surface area contributed by atoms with Gasteiger partial charge in [-0.2, -0.15) is 0 Å². The van der Waals surface area contributed by atoms with Crippen LogP contribution in [-0.2, 0) is 14.3 Å². The Kier molecular flexibility index (Phi) is 6.63. The van der Waals surface area contributed by atoms with Crippen molar-refractivity contribution in [2.24, 2.45) is 0 Å². The number of ether oxygens (including phenoxy) is 3. The summed E-state index contributed by atoms with van der Waals surface area (Å²) in [6.07, 6.45) is 0. The second-order valence-electron chi connectivity index (χ2n) is 5.34. The maximum Gasteiger partial charge on any atom is 0.338 e. The van der Waals surface area contributed by atoms with E-state index in [9.17, 15) is 24.5 Å². The molecular formula is C18H16N2O8. The molecule has 1 amide bonds. The van der Waals surface area contributed by atoms with Crippen LogP contribution in [0.2, 0.25) is 0 Å². The van der Waals surface area contributed by atoms with Gasteiger partial charge in [0.1, 0.15) is 0 Å². The van der Waals surface area contributed by atoms with Gasteiger partial charge in [-0.1, -0.05) is 0 Å². The number of methoxy groups -OCH3 is 2. The molecule has 0 aromatic heterocycles. The third-order valence-corrected chi connectivity index (χ3v) is 3.54. The van der Waals surface area contributed by atoms with Gasteiger partial charge >= 0.3 is 17.6 Å². The zero-order valence-corrected chi connectivity index (χ0v) is 15.0. The summed E-state index contributed by atoms with van der Waals surface area (Å²) in [6.45, 7) is -0.600. The zero-order chi connectivity index (χ0) is 20.7. The number of amides is 1. The molecule has 2 aromatic rings.